The first-order chi connectivity index (χ1) is 14.7. The van der Waals surface area contributed by atoms with Crippen LogP contribution in [-0.2, 0) is 11.2 Å². The van der Waals surface area contributed by atoms with E-state index in [1.807, 2.05) is 0 Å². The molecule has 0 spiro atoms. The van der Waals surface area contributed by atoms with E-state index in [1.165, 1.54) is 83.0 Å². The molecule has 2 aliphatic heterocycles. The Labute approximate surface area is 181 Å². The normalized spacial score (nSPS) is 27.5. The second-order valence-electron chi connectivity index (χ2n) is 10.3. The van der Waals surface area contributed by atoms with Crippen molar-refractivity contribution in [3.05, 3.63) is 29.3 Å². The zero-order valence-electron chi connectivity index (χ0n) is 18.4. The molecule has 30 heavy (non-hydrogen) atoms. The largest absolute Gasteiger partial charge is 0.493 e. The van der Waals surface area contributed by atoms with E-state index in [9.17, 15) is 4.79 Å². The van der Waals surface area contributed by atoms with Crippen LogP contribution < -0.4 is 10.1 Å². The van der Waals surface area contributed by atoms with Crippen molar-refractivity contribution in [2.45, 2.75) is 82.6 Å². The number of nitrogens with zero attached hydrogens (tertiary/aromatic N) is 1. The van der Waals surface area contributed by atoms with Crippen LogP contribution in [0, 0.1) is 11.8 Å². The smallest absolute Gasteiger partial charge is 0.220 e. The third-order valence-corrected chi connectivity index (χ3v) is 8.04. The average molecular weight is 411 g/mol. The van der Waals surface area contributed by atoms with Gasteiger partial charge in [-0.1, -0.05) is 12.1 Å². The second-order valence-corrected chi connectivity index (χ2v) is 10.3. The Morgan fingerprint density at radius 2 is 1.77 bits per heavy atom. The number of benzene rings is 1. The van der Waals surface area contributed by atoms with Gasteiger partial charge in [0.05, 0.1) is 6.61 Å². The molecule has 4 aliphatic rings. The number of carbonyl (C=O) groups is 1. The maximum absolute atomic E-state index is 12.0. The highest BCUT2D eigenvalue weighted by Gasteiger charge is 2.28. The summed E-state index contributed by atoms with van der Waals surface area (Å²) >= 11 is 0. The first-order valence-electron chi connectivity index (χ1n) is 12.5. The number of hydrogen-bond donors (Lipinski definition) is 1. The number of carbonyl (C=O) groups excluding carboxylic acids is 1. The number of fused-ring (bicyclic) bond motifs is 1. The van der Waals surface area contributed by atoms with E-state index in [1.54, 1.807) is 5.56 Å². The number of hydrogen-bond acceptors (Lipinski definition) is 3. The van der Waals surface area contributed by atoms with E-state index in [0.717, 1.165) is 31.1 Å². The molecule has 2 aliphatic carbocycles. The lowest BCUT2D eigenvalue weighted by atomic mass is 9.83. The summed E-state index contributed by atoms with van der Waals surface area (Å²) < 4.78 is 5.77. The molecular formula is C26H38N2O2. The van der Waals surface area contributed by atoms with Crippen LogP contribution in [-0.4, -0.2) is 43.1 Å². The Morgan fingerprint density at radius 1 is 1.00 bits per heavy atom. The monoisotopic (exact) mass is 410 g/mol. The van der Waals surface area contributed by atoms with E-state index in [-0.39, 0.29) is 0 Å². The van der Waals surface area contributed by atoms with Crippen LogP contribution in [0.1, 0.15) is 81.3 Å². The van der Waals surface area contributed by atoms with Crippen molar-refractivity contribution in [1.29, 1.82) is 0 Å². The first kappa shape index (κ1) is 20.4. The summed E-state index contributed by atoms with van der Waals surface area (Å²) in [5.41, 5.74) is 3.05. The molecule has 164 valence electrons. The molecule has 4 heteroatoms. The van der Waals surface area contributed by atoms with Crippen LogP contribution in [0.5, 0.6) is 5.75 Å². The molecule has 0 radical (unpaired) electrons. The number of rotatable bonds is 7. The van der Waals surface area contributed by atoms with Gasteiger partial charge in [0, 0.05) is 24.4 Å². The Bertz CT molecular complexity index is 729. The molecule has 1 amide bonds. The predicted molar refractivity (Wildman–Crippen MR) is 120 cm³/mol. The third-order valence-electron chi connectivity index (χ3n) is 8.04. The van der Waals surface area contributed by atoms with Gasteiger partial charge < -0.3 is 15.0 Å². The molecule has 0 unspecified atom stereocenters. The summed E-state index contributed by atoms with van der Waals surface area (Å²) in [6.45, 7) is 4.59. The van der Waals surface area contributed by atoms with E-state index >= 15 is 0 Å². The van der Waals surface area contributed by atoms with Crippen LogP contribution in [0.25, 0.3) is 0 Å². The topological polar surface area (TPSA) is 41.6 Å². The quantitative estimate of drug-likeness (QED) is 0.710. The fourth-order valence-electron chi connectivity index (χ4n) is 5.93. The van der Waals surface area contributed by atoms with Crippen LogP contribution in [0.2, 0.25) is 0 Å². The summed E-state index contributed by atoms with van der Waals surface area (Å²) in [6.07, 6.45) is 13.3. The van der Waals surface area contributed by atoms with Crippen LogP contribution in [0.3, 0.4) is 0 Å². The average Bonchev–Trinajstić information content (AvgIpc) is 3.45. The van der Waals surface area contributed by atoms with Gasteiger partial charge in [-0.25, -0.2) is 0 Å². The molecule has 1 aromatic carbocycles. The molecular weight excluding hydrogens is 372 g/mol. The standard InChI is InChI=1S/C26H38N2O2/c29-26(18-20-4-5-20)27-22-8-6-19(7-9-22)10-14-28-15-11-21(12-16-28)23-2-1-3-25-24(23)13-17-30-25/h1-3,19-22H,4-18H2,(H,27,29)/t19-,22-. The van der Waals surface area contributed by atoms with Crippen molar-refractivity contribution in [1.82, 2.24) is 10.2 Å². The summed E-state index contributed by atoms with van der Waals surface area (Å²) in [5.74, 6) is 3.71. The lowest BCUT2D eigenvalue weighted by molar-refractivity contribution is -0.122. The Kier molecular flexibility index (Phi) is 6.31. The van der Waals surface area contributed by atoms with Gasteiger partial charge in [-0.15, -0.1) is 0 Å². The number of piperidine rings is 1. The van der Waals surface area contributed by atoms with E-state index < -0.39 is 0 Å². The molecule has 2 heterocycles. The van der Waals surface area contributed by atoms with E-state index in [4.69, 9.17) is 4.74 Å². The Balaban J connectivity index is 1.01. The van der Waals surface area contributed by atoms with Gasteiger partial charge in [-0.2, -0.15) is 0 Å². The van der Waals surface area contributed by atoms with Crippen molar-refractivity contribution in [3.63, 3.8) is 0 Å². The predicted octanol–water partition coefficient (Wildman–Crippen LogP) is 4.67. The van der Waals surface area contributed by atoms with Gasteiger partial charge in [-0.05, 0) is 107 Å². The van der Waals surface area contributed by atoms with Crippen molar-refractivity contribution in [2.75, 3.05) is 26.2 Å². The molecule has 3 fully saturated rings. The van der Waals surface area contributed by atoms with Crippen molar-refractivity contribution >= 4 is 5.91 Å². The number of nitrogens with one attached hydrogen (secondary N) is 1. The third kappa shape index (κ3) is 5.01. The molecule has 1 saturated heterocycles. The highest BCUT2D eigenvalue weighted by molar-refractivity contribution is 5.76. The van der Waals surface area contributed by atoms with Gasteiger partial charge in [0.15, 0.2) is 0 Å². The van der Waals surface area contributed by atoms with E-state index in [2.05, 4.69) is 28.4 Å². The van der Waals surface area contributed by atoms with Gasteiger partial charge in [-0.3, -0.25) is 4.79 Å². The zero-order valence-corrected chi connectivity index (χ0v) is 18.4. The molecule has 5 rings (SSSR count). The minimum atomic E-state index is 0.305. The molecule has 0 bridgehead atoms. The Hall–Kier alpha value is -1.55. The fraction of sp³-hybridized carbons (Fsp3) is 0.731. The number of amides is 1. The molecule has 1 N–H and O–H groups in total. The summed E-state index contributed by atoms with van der Waals surface area (Å²) in [7, 11) is 0. The molecule has 0 aromatic heterocycles. The highest BCUT2D eigenvalue weighted by atomic mass is 16.5. The lowest BCUT2D eigenvalue weighted by Gasteiger charge is -2.35. The SMILES string of the molecule is O=C(CC1CC1)N[C@H]1CC[C@H](CCN2CCC(c3cccc4c3CCO4)CC2)CC1. The van der Waals surface area contributed by atoms with Crippen molar-refractivity contribution in [3.8, 4) is 5.75 Å². The van der Waals surface area contributed by atoms with Gasteiger partial charge in [0.25, 0.3) is 0 Å². The van der Waals surface area contributed by atoms with Gasteiger partial charge in [0.2, 0.25) is 5.91 Å². The van der Waals surface area contributed by atoms with Gasteiger partial charge >= 0.3 is 0 Å². The maximum Gasteiger partial charge on any atom is 0.220 e. The van der Waals surface area contributed by atoms with Crippen molar-refractivity contribution < 1.29 is 9.53 Å². The first-order valence-corrected chi connectivity index (χ1v) is 12.5. The molecule has 4 nitrogen and oxygen atoms in total. The van der Waals surface area contributed by atoms with Crippen LogP contribution in [0.15, 0.2) is 18.2 Å². The summed E-state index contributed by atoms with van der Waals surface area (Å²) in [4.78, 5) is 14.7. The minimum absolute atomic E-state index is 0.305. The summed E-state index contributed by atoms with van der Waals surface area (Å²) in [5, 5.41) is 3.30. The maximum atomic E-state index is 12.0. The summed E-state index contributed by atoms with van der Waals surface area (Å²) in [6, 6.07) is 7.10. The lowest BCUT2D eigenvalue weighted by Crippen LogP contribution is -2.38. The fourth-order valence-corrected chi connectivity index (χ4v) is 5.93. The van der Waals surface area contributed by atoms with Crippen molar-refractivity contribution in [2.24, 2.45) is 11.8 Å². The minimum Gasteiger partial charge on any atom is -0.493 e. The molecule has 2 saturated carbocycles. The Morgan fingerprint density at radius 3 is 2.53 bits per heavy atom. The second kappa shape index (κ2) is 9.30. The number of likely N-dealkylation sites (tertiary alicyclic amines) is 1. The molecule has 0 atom stereocenters. The van der Waals surface area contributed by atoms with Crippen LogP contribution in [0.4, 0.5) is 0 Å². The number of ether oxygens (including phenoxy) is 1. The van der Waals surface area contributed by atoms with Crippen LogP contribution >= 0.6 is 0 Å². The highest BCUT2D eigenvalue weighted by Crippen LogP contribution is 2.37. The molecule has 1 aromatic rings. The van der Waals surface area contributed by atoms with E-state index in [0.29, 0.717) is 23.8 Å². The zero-order chi connectivity index (χ0) is 20.3. The van der Waals surface area contributed by atoms with Gasteiger partial charge in [0.1, 0.15) is 5.75 Å².